The molecule has 0 bridgehead atoms. The van der Waals surface area contributed by atoms with E-state index in [1.807, 2.05) is 0 Å². The third-order valence-electron chi connectivity index (χ3n) is 1.94. The van der Waals surface area contributed by atoms with E-state index in [0.717, 1.165) is 0 Å². The van der Waals surface area contributed by atoms with Crippen molar-refractivity contribution >= 4 is 11.7 Å². The number of para-hydroxylation sites is 1. The fraction of sp³-hybridized carbons (Fsp3) is 0.273. The molecular formula is C11H13NO3. The van der Waals surface area contributed by atoms with Crippen LogP contribution in [0.4, 0.5) is 0 Å². The van der Waals surface area contributed by atoms with E-state index in [0.29, 0.717) is 17.7 Å². The highest BCUT2D eigenvalue weighted by Crippen LogP contribution is 2.16. The normalized spacial score (nSPS) is 9.67. The lowest BCUT2D eigenvalue weighted by atomic mass is 10.2. The van der Waals surface area contributed by atoms with Crippen LogP contribution in [0.3, 0.4) is 0 Å². The molecule has 1 aromatic rings. The number of Topliss-reactive ketones (excluding diaryl/α,β-unsaturated/α-hetero) is 1. The molecular weight excluding hydrogens is 194 g/mol. The lowest BCUT2D eigenvalue weighted by Gasteiger charge is -2.07. The van der Waals surface area contributed by atoms with Crippen molar-refractivity contribution in [3.63, 3.8) is 0 Å². The molecule has 0 aliphatic heterocycles. The van der Waals surface area contributed by atoms with Crippen LogP contribution in [0.5, 0.6) is 5.75 Å². The Balaban J connectivity index is 2.76. The number of carbonyl (C=O) groups is 2. The molecule has 2 N–H and O–H groups in total. The van der Waals surface area contributed by atoms with Gasteiger partial charge < -0.3 is 10.5 Å². The van der Waals surface area contributed by atoms with Crippen LogP contribution in [0.1, 0.15) is 23.7 Å². The second kappa shape index (κ2) is 5.14. The van der Waals surface area contributed by atoms with E-state index in [4.69, 9.17) is 10.5 Å². The number of carbonyl (C=O) groups excluding carboxylic acids is 2. The topological polar surface area (TPSA) is 69.4 Å². The molecule has 4 heteroatoms. The maximum atomic E-state index is 11.0. The van der Waals surface area contributed by atoms with Crippen molar-refractivity contribution in [2.75, 3.05) is 6.61 Å². The van der Waals surface area contributed by atoms with Crippen LogP contribution in [-0.4, -0.2) is 18.3 Å². The second-order valence-electron chi connectivity index (χ2n) is 3.04. The molecule has 0 heterocycles. The molecule has 0 fully saturated rings. The van der Waals surface area contributed by atoms with Gasteiger partial charge in [0.15, 0.2) is 5.78 Å². The van der Waals surface area contributed by atoms with Gasteiger partial charge in [0.05, 0.1) is 5.56 Å². The first-order valence-corrected chi connectivity index (χ1v) is 4.68. The number of amides is 1. The Bertz CT molecular complexity index is 374. The smallest absolute Gasteiger partial charge is 0.252 e. The molecule has 15 heavy (non-hydrogen) atoms. The zero-order chi connectivity index (χ0) is 11.3. The van der Waals surface area contributed by atoms with Gasteiger partial charge >= 0.3 is 0 Å². The minimum absolute atomic E-state index is 0.0192. The highest BCUT2D eigenvalue weighted by atomic mass is 16.5. The maximum absolute atomic E-state index is 11.0. The summed E-state index contributed by atoms with van der Waals surface area (Å²) >= 11 is 0. The summed E-state index contributed by atoms with van der Waals surface area (Å²) in [6.45, 7) is 1.73. The Morgan fingerprint density at radius 2 is 2.00 bits per heavy atom. The molecule has 0 spiro atoms. The Hall–Kier alpha value is -1.84. The Morgan fingerprint density at radius 3 is 2.60 bits per heavy atom. The van der Waals surface area contributed by atoms with Crippen LogP contribution in [0.25, 0.3) is 0 Å². The van der Waals surface area contributed by atoms with Crippen LogP contribution < -0.4 is 10.5 Å². The van der Waals surface area contributed by atoms with Gasteiger partial charge in [-0.15, -0.1) is 0 Å². The first kappa shape index (κ1) is 11.2. The molecule has 0 radical (unpaired) electrons. The summed E-state index contributed by atoms with van der Waals surface area (Å²) < 4.78 is 5.20. The summed E-state index contributed by atoms with van der Waals surface area (Å²) in [7, 11) is 0. The van der Waals surface area contributed by atoms with Gasteiger partial charge in [-0.3, -0.25) is 9.59 Å². The minimum Gasteiger partial charge on any atom is -0.485 e. The lowest BCUT2D eigenvalue weighted by molar-refractivity contribution is -0.120. The summed E-state index contributed by atoms with van der Waals surface area (Å²) in [5.74, 6) is -0.226. The van der Waals surface area contributed by atoms with Gasteiger partial charge in [0.2, 0.25) is 0 Å². The maximum Gasteiger partial charge on any atom is 0.252 e. The average Bonchev–Trinajstić information content (AvgIpc) is 2.26. The van der Waals surface area contributed by atoms with Crippen molar-refractivity contribution in [3.8, 4) is 5.75 Å². The summed E-state index contributed by atoms with van der Waals surface area (Å²) in [5, 5.41) is 0. The molecule has 0 aliphatic rings. The lowest BCUT2D eigenvalue weighted by Crippen LogP contribution is -2.15. The van der Waals surface area contributed by atoms with Crippen LogP contribution in [0.2, 0.25) is 0 Å². The molecule has 0 saturated carbocycles. The first-order valence-electron chi connectivity index (χ1n) is 4.68. The van der Waals surface area contributed by atoms with E-state index in [-0.39, 0.29) is 12.4 Å². The SMILES string of the molecule is CCC(=O)COc1ccccc1C(N)=O. The van der Waals surface area contributed by atoms with Gasteiger partial charge in [-0.25, -0.2) is 0 Å². The van der Waals surface area contributed by atoms with Crippen LogP contribution in [0.15, 0.2) is 24.3 Å². The summed E-state index contributed by atoms with van der Waals surface area (Å²) in [5.41, 5.74) is 5.44. The van der Waals surface area contributed by atoms with E-state index in [2.05, 4.69) is 0 Å². The third-order valence-corrected chi connectivity index (χ3v) is 1.94. The molecule has 0 aliphatic carbocycles. The second-order valence-corrected chi connectivity index (χ2v) is 3.04. The van der Waals surface area contributed by atoms with Gasteiger partial charge in [-0.1, -0.05) is 19.1 Å². The number of benzene rings is 1. The fourth-order valence-corrected chi connectivity index (χ4v) is 1.06. The molecule has 1 rings (SSSR count). The van der Waals surface area contributed by atoms with Crippen LogP contribution in [-0.2, 0) is 4.79 Å². The zero-order valence-corrected chi connectivity index (χ0v) is 8.53. The van der Waals surface area contributed by atoms with Crippen molar-refractivity contribution in [1.82, 2.24) is 0 Å². The van der Waals surface area contributed by atoms with E-state index in [1.165, 1.54) is 0 Å². The van der Waals surface area contributed by atoms with Crippen LogP contribution >= 0.6 is 0 Å². The number of hydrogen-bond donors (Lipinski definition) is 1. The number of ether oxygens (including phenoxy) is 1. The van der Waals surface area contributed by atoms with Crippen molar-refractivity contribution in [1.29, 1.82) is 0 Å². The van der Waals surface area contributed by atoms with Crippen molar-refractivity contribution < 1.29 is 14.3 Å². The largest absolute Gasteiger partial charge is 0.485 e. The molecule has 0 atom stereocenters. The fourth-order valence-electron chi connectivity index (χ4n) is 1.06. The molecule has 0 saturated heterocycles. The summed E-state index contributed by atoms with van der Waals surface area (Å²) in [6, 6.07) is 6.59. The molecule has 4 nitrogen and oxygen atoms in total. The highest BCUT2D eigenvalue weighted by Gasteiger charge is 2.09. The van der Waals surface area contributed by atoms with Crippen molar-refractivity contribution in [2.45, 2.75) is 13.3 Å². The minimum atomic E-state index is -0.561. The van der Waals surface area contributed by atoms with Gasteiger partial charge in [0.25, 0.3) is 5.91 Å². The highest BCUT2D eigenvalue weighted by molar-refractivity contribution is 5.95. The Labute approximate surface area is 88.0 Å². The number of ketones is 1. The summed E-state index contributed by atoms with van der Waals surface area (Å²) in [6.07, 6.45) is 0.415. The standard InChI is InChI=1S/C11H13NO3/c1-2-8(13)7-15-10-6-4-3-5-9(10)11(12)14/h3-6H,2,7H2,1H3,(H2,12,14). The average molecular weight is 207 g/mol. The van der Waals surface area contributed by atoms with E-state index >= 15 is 0 Å². The predicted octanol–water partition coefficient (Wildman–Crippen LogP) is 1.14. The van der Waals surface area contributed by atoms with E-state index < -0.39 is 5.91 Å². The molecule has 0 unspecified atom stereocenters. The molecule has 80 valence electrons. The monoisotopic (exact) mass is 207 g/mol. The third kappa shape index (κ3) is 3.09. The predicted molar refractivity (Wildman–Crippen MR) is 55.8 cm³/mol. The zero-order valence-electron chi connectivity index (χ0n) is 8.53. The molecule has 1 aromatic carbocycles. The number of rotatable bonds is 5. The molecule has 0 aromatic heterocycles. The van der Waals surface area contributed by atoms with E-state index in [1.54, 1.807) is 31.2 Å². The number of hydrogen-bond acceptors (Lipinski definition) is 3. The van der Waals surface area contributed by atoms with Crippen molar-refractivity contribution in [2.24, 2.45) is 5.73 Å². The first-order chi connectivity index (χ1) is 7.15. The van der Waals surface area contributed by atoms with Crippen molar-refractivity contribution in [3.05, 3.63) is 29.8 Å². The van der Waals surface area contributed by atoms with Crippen LogP contribution in [0, 0.1) is 0 Å². The summed E-state index contributed by atoms with van der Waals surface area (Å²) in [4.78, 5) is 22.0. The van der Waals surface area contributed by atoms with Gasteiger partial charge in [-0.2, -0.15) is 0 Å². The number of primary amides is 1. The van der Waals surface area contributed by atoms with E-state index in [9.17, 15) is 9.59 Å². The number of nitrogens with two attached hydrogens (primary N) is 1. The Morgan fingerprint density at radius 1 is 1.33 bits per heavy atom. The van der Waals surface area contributed by atoms with Gasteiger partial charge in [-0.05, 0) is 12.1 Å². The van der Waals surface area contributed by atoms with Gasteiger partial charge in [0, 0.05) is 6.42 Å². The quantitative estimate of drug-likeness (QED) is 0.787. The van der Waals surface area contributed by atoms with Gasteiger partial charge in [0.1, 0.15) is 12.4 Å². The molecule has 1 amide bonds. The Kier molecular flexibility index (Phi) is 3.85.